The van der Waals surface area contributed by atoms with Crippen LogP contribution in [0.2, 0.25) is 0 Å². The number of anilines is 2. The highest BCUT2D eigenvalue weighted by atomic mass is 19.1. The monoisotopic (exact) mass is 463 g/mol. The van der Waals surface area contributed by atoms with Crippen molar-refractivity contribution < 1.29 is 14.0 Å². The fourth-order valence-electron chi connectivity index (χ4n) is 4.42. The van der Waals surface area contributed by atoms with E-state index in [1.165, 1.54) is 24.3 Å². The van der Waals surface area contributed by atoms with Gasteiger partial charge < -0.3 is 10.6 Å². The van der Waals surface area contributed by atoms with E-state index in [0.29, 0.717) is 23.6 Å². The maximum atomic E-state index is 13.2. The van der Waals surface area contributed by atoms with Crippen molar-refractivity contribution in [3.05, 3.63) is 76.7 Å². The summed E-state index contributed by atoms with van der Waals surface area (Å²) >= 11 is 0. The van der Waals surface area contributed by atoms with Gasteiger partial charge in [0.25, 0.3) is 5.91 Å². The molecule has 3 aromatic rings. The minimum absolute atomic E-state index is 0.113. The first-order valence-electron chi connectivity index (χ1n) is 11.1. The number of hydrogen-bond acceptors (Lipinski definition) is 6. The van der Waals surface area contributed by atoms with Crippen LogP contribution in [0, 0.1) is 32.5 Å². The van der Waals surface area contributed by atoms with Crippen LogP contribution in [0.1, 0.15) is 33.5 Å². The average Bonchev–Trinajstić information content (AvgIpc) is 3.39. The lowest BCUT2D eigenvalue weighted by Gasteiger charge is -2.38. The van der Waals surface area contributed by atoms with Gasteiger partial charge in [0.1, 0.15) is 17.8 Å². The number of carbonyl (C=O) groups is 2. The number of nitrogens with one attached hydrogen (secondary N) is 4. The number of aromatic nitrogens is 2. The Morgan fingerprint density at radius 1 is 1.15 bits per heavy atom. The van der Waals surface area contributed by atoms with E-state index < -0.39 is 18.0 Å². The number of amides is 2. The normalized spacial score (nSPS) is 21.8. The molecule has 0 bridgehead atoms. The van der Waals surface area contributed by atoms with Crippen LogP contribution in [-0.2, 0) is 4.79 Å². The summed E-state index contributed by atoms with van der Waals surface area (Å²) in [6.45, 7) is 6.41. The van der Waals surface area contributed by atoms with Crippen molar-refractivity contribution in [3.8, 4) is 0 Å². The summed E-state index contributed by atoms with van der Waals surface area (Å²) in [5.41, 5.74) is 7.61. The van der Waals surface area contributed by atoms with Crippen molar-refractivity contribution in [2.24, 2.45) is 5.92 Å². The number of rotatable bonds is 4. The van der Waals surface area contributed by atoms with Crippen molar-refractivity contribution in [3.63, 3.8) is 0 Å². The molecular formula is C24H26FN7O2. The van der Waals surface area contributed by atoms with E-state index in [9.17, 15) is 14.0 Å². The molecule has 5 rings (SSSR count). The molecule has 4 N–H and O–H groups in total. The van der Waals surface area contributed by atoms with Crippen LogP contribution in [0.15, 0.2) is 48.5 Å². The van der Waals surface area contributed by atoms with Gasteiger partial charge in [-0.25, -0.2) is 14.5 Å². The Kier molecular flexibility index (Phi) is 5.54. The zero-order valence-corrected chi connectivity index (χ0v) is 19.1. The molecule has 9 nitrogen and oxygen atoms in total. The number of halogens is 1. The van der Waals surface area contributed by atoms with Crippen LogP contribution in [0.4, 0.5) is 15.9 Å². The number of hydrazine groups is 1. The van der Waals surface area contributed by atoms with Gasteiger partial charge in [0.05, 0.1) is 17.3 Å². The fraction of sp³-hybridized carbons (Fsp3) is 0.292. The Balaban J connectivity index is 1.41. The van der Waals surface area contributed by atoms with E-state index in [0.717, 1.165) is 16.8 Å². The predicted molar refractivity (Wildman–Crippen MR) is 125 cm³/mol. The first kappa shape index (κ1) is 22.1. The molecule has 0 radical (unpaired) electrons. The molecule has 0 saturated carbocycles. The molecule has 10 heteroatoms. The van der Waals surface area contributed by atoms with Gasteiger partial charge in [-0.3, -0.25) is 19.9 Å². The van der Waals surface area contributed by atoms with Crippen LogP contribution in [0.5, 0.6) is 0 Å². The lowest BCUT2D eigenvalue weighted by molar-refractivity contribution is -0.129. The van der Waals surface area contributed by atoms with Crippen LogP contribution >= 0.6 is 0 Å². The van der Waals surface area contributed by atoms with E-state index >= 15 is 0 Å². The van der Waals surface area contributed by atoms with Gasteiger partial charge >= 0.3 is 0 Å². The summed E-state index contributed by atoms with van der Waals surface area (Å²) in [6, 6.07) is 13.1. The van der Waals surface area contributed by atoms with E-state index in [1.54, 1.807) is 17.7 Å². The molecule has 0 spiro atoms. The Morgan fingerprint density at radius 2 is 1.91 bits per heavy atom. The Labute approximate surface area is 196 Å². The third-order valence-electron chi connectivity index (χ3n) is 6.37. The van der Waals surface area contributed by atoms with E-state index in [2.05, 4.69) is 46.4 Å². The van der Waals surface area contributed by atoms with Crippen LogP contribution < -0.4 is 26.4 Å². The SMILES string of the molecule is Cc1cc(NC(=O)c2ccc(F)cc2)n(C2NC(=O)C3CNN(c4cccc(C)c4C)C3N2)n1. The molecule has 34 heavy (non-hydrogen) atoms. The minimum atomic E-state index is -0.682. The summed E-state index contributed by atoms with van der Waals surface area (Å²) in [6.07, 6.45) is -0.997. The Morgan fingerprint density at radius 3 is 2.68 bits per heavy atom. The average molecular weight is 464 g/mol. The number of hydrogen-bond donors (Lipinski definition) is 4. The third-order valence-corrected chi connectivity index (χ3v) is 6.37. The lowest BCUT2D eigenvalue weighted by atomic mass is 10.0. The number of fused-ring (bicyclic) bond motifs is 1. The molecule has 3 atom stereocenters. The molecule has 2 fully saturated rings. The van der Waals surface area contributed by atoms with Gasteiger partial charge in [-0.1, -0.05) is 12.1 Å². The Bertz CT molecular complexity index is 1260. The second-order valence-corrected chi connectivity index (χ2v) is 8.66. The van der Waals surface area contributed by atoms with Gasteiger partial charge in [-0.2, -0.15) is 5.10 Å². The molecule has 2 aliphatic heterocycles. The highest BCUT2D eigenvalue weighted by Crippen LogP contribution is 2.31. The highest BCUT2D eigenvalue weighted by molar-refractivity contribution is 6.03. The van der Waals surface area contributed by atoms with Crippen molar-refractivity contribution in [1.29, 1.82) is 0 Å². The molecular weight excluding hydrogens is 437 g/mol. The molecule has 2 aliphatic rings. The number of carbonyl (C=O) groups excluding carboxylic acids is 2. The van der Waals surface area contributed by atoms with Crippen molar-refractivity contribution in [2.75, 3.05) is 16.9 Å². The first-order chi connectivity index (χ1) is 16.3. The van der Waals surface area contributed by atoms with Gasteiger partial charge in [0.2, 0.25) is 5.91 Å². The van der Waals surface area contributed by atoms with Crippen LogP contribution in [-0.4, -0.2) is 34.3 Å². The first-order valence-corrected chi connectivity index (χ1v) is 11.1. The second kappa shape index (κ2) is 8.54. The largest absolute Gasteiger partial charge is 0.321 e. The zero-order valence-electron chi connectivity index (χ0n) is 19.1. The van der Waals surface area contributed by atoms with E-state index in [1.807, 2.05) is 17.1 Å². The topological polar surface area (TPSA) is 103 Å². The van der Waals surface area contributed by atoms with Gasteiger partial charge in [-0.05, 0) is 62.2 Å². The van der Waals surface area contributed by atoms with E-state index in [4.69, 9.17) is 0 Å². The molecule has 2 amide bonds. The van der Waals surface area contributed by atoms with Gasteiger partial charge in [-0.15, -0.1) is 0 Å². The number of nitrogens with zero attached hydrogens (tertiary/aromatic N) is 3. The maximum Gasteiger partial charge on any atom is 0.256 e. The Hall–Kier alpha value is -3.76. The number of benzene rings is 2. The van der Waals surface area contributed by atoms with Crippen LogP contribution in [0.3, 0.4) is 0 Å². The quantitative estimate of drug-likeness (QED) is 0.474. The van der Waals surface area contributed by atoms with Crippen molar-refractivity contribution in [1.82, 2.24) is 25.8 Å². The molecule has 1 aromatic heterocycles. The zero-order chi connectivity index (χ0) is 24.0. The van der Waals surface area contributed by atoms with Crippen LogP contribution in [0.25, 0.3) is 0 Å². The molecule has 2 saturated heterocycles. The third kappa shape index (κ3) is 3.91. The standard InChI is InChI=1S/C24H26FN7O2/c1-13-5-4-6-19(15(13)3)31-21-18(12-26-31)23(34)29-24(28-21)32-20(11-14(2)30-32)27-22(33)16-7-9-17(25)10-8-16/h4-11,18,21,24,26,28H,12H2,1-3H3,(H,27,33)(H,29,34). The second-order valence-electron chi connectivity index (χ2n) is 8.66. The molecule has 3 heterocycles. The fourth-order valence-corrected chi connectivity index (χ4v) is 4.42. The number of aryl methyl sites for hydroxylation is 2. The van der Waals surface area contributed by atoms with Crippen molar-refractivity contribution >= 4 is 23.3 Å². The maximum absolute atomic E-state index is 13.2. The summed E-state index contributed by atoms with van der Waals surface area (Å²) in [5.74, 6) is -0.823. The minimum Gasteiger partial charge on any atom is -0.321 e. The highest BCUT2D eigenvalue weighted by Gasteiger charge is 2.45. The molecule has 3 unspecified atom stereocenters. The van der Waals surface area contributed by atoms with Crippen molar-refractivity contribution in [2.45, 2.75) is 33.2 Å². The summed E-state index contributed by atoms with van der Waals surface area (Å²) in [4.78, 5) is 25.7. The molecule has 176 valence electrons. The summed E-state index contributed by atoms with van der Waals surface area (Å²) < 4.78 is 14.8. The van der Waals surface area contributed by atoms with Gasteiger partial charge in [0.15, 0.2) is 6.29 Å². The van der Waals surface area contributed by atoms with Gasteiger partial charge in [0, 0.05) is 18.2 Å². The lowest BCUT2D eigenvalue weighted by Crippen LogP contribution is -2.62. The predicted octanol–water partition coefficient (Wildman–Crippen LogP) is 2.34. The summed E-state index contributed by atoms with van der Waals surface area (Å²) in [7, 11) is 0. The summed E-state index contributed by atoms with van der Waals surface area (Å²) in [5, 5.41) is 15.7. The smallest absolute Gasteiger partial charge is 0.256 e. The molecule has 2 aromatic carbocycles. The van der Waals surface area contributed by atoms with E-state index in [-0.39, 0.29) is 18.0 Å². The molecule has 0 aliphatic carbocycles.